The lowest BCUT2D eigenvalue weighted by molar-refractivity contribution is 0.627. The number of rotatable bonds is 1. The standard InChI is InChI=1S/C10H8FNS2/c11-6-3-7(13)9-8(4-6)14-10(12-9)5-1-2-5/h3-5,13H,1-2H2. The number of benzene rings is 1. The molecule has 1 aliphatic rings. The second-order valence-electron chi connectivity index (χ2n) is 3.60. The molecule has 0 atom stereocenters. The van der Waals surface area contributed by atoms with Gasteiger partial charge in [0.05, 0.1) is 15.2 Å². The first-order valence-electron chi connectivity index (χ1n) is 4.53. The molecule has 0 radical (unpaired) electrons. The van der Waals surface area contributed by atoms with Crippen LogP contribution in [0.1, 0.15) is 23.8 Å². The highest BCUT2D eigenvalue weighted by Crippen LogP contribution is 2.44. The molecule has 1 aromatic carbocycles. The average Bonchev–Trinajstić information content (AvgIpc) is 2.87. The molecule has 1 aliphatic carbocycles. The predicted molar refractivity (Wildman–Crippen MR) is 58.8 cm³/mol. The van der Waals surface area contributed by atoms with Crippen LogP contribution in [0.2, 0.25) is 0 Å². The van der Waals surface area contributed by atoms with Crippen molar-refractivity contribution in [3.8, 4) is 0 Å². The summed E-state index contributed by atoms with van der Waals surface area (Å²) in [5, 5.41) is 1.14. The summed E-state index contributed by atoms with van der Waals surface area (Å²) >= 11 is 5.82. The van der Waals surface area contributed by atoms with Crippen LogP contribution in [0.15, 0.2) is 17.0 Å². The number of fused-ring (bicyclic) bond motifs is 1. The van der Waals surface area contributed by atoms with Gasteiger partial charge in [-0.1, -0.05) is 0 Å². The summed E-state index contributed by atoms with van der Waals surface area (Å²) in [6.45, 7) is 0. The van der Waals surface area contributed by atoms with E-state index in [1.54, 1.807) is 17.4 Å². The second kappa shape index (κ2) is 2.94. The van der Waals surface area contributed by atoms with E-state index in [4.69, 9.17) is 0 Å². The van der Waals surface area contributed by atoms with Gasteiger partial charge in [0.2, 0.25) is 0 Å². The van der Waals surface area contributed by atoms with Crippen molar-refractivity contribution in [1.29, 1.82) is 0 Å². The molecule has 0 spiro atoms. The molecule has 3 rings (SSSR count). The van der Waals surface area contributed by atoms with Crippen molar-refractivity contribution in [1.82, 2.24) is 4.98 Å². The minimum Gasteiger partial charge on any atom is -0.240 e. The van der Waals surface area contributed by atoms with Gasteiger partial charge in [-0.3, -0.25) is 0 Å². The number of nitrogens with zero attached hydrogens (tertiary/aromatic N) is 1. The SMILES string of the molecule is Fc1cc(S)c2nc(C3CC3)sc2c1. The van der Waals surface area contributed by atoms with Gasteiger partial charge in [0.15, 0.2) is 0 Å². The summed E-state index contributed by atoms with van der Waals surface area (Å²) in [5.74, 6) is 0.400. The maximum Gasteiger partial charge on any atom is 0.125 e. The molecule has 1 fully saturated rings. The molecule has 1 aromatic heterocycles. The van der Waals surface area contributed by atoms with Gasteiger partial charge < -0.3 is 0 Å². The van der Waals surface area contributed by atoms with E-state index in [9.17, 15) is 4.39 Å². The maximum atomic E-state index is 13.1. The van der Waals surface area contributed by atoms with Crippen molar-refractivity contribution in [2.24, 2.45) is 0 Å². The Kier molecular flexibility index (Phi) is 1.82. The predicted octanol–water partition coefficient (Wildman–Crippen LogP) is 3.60. The van der Waals surface area contributed by atoms with Crippen molar-refractivity contribution in [3.05, 3.63) is 23.0 Å². The molecular formula is C10H8FNS2. The molecule has 0 bridgehead atoms. The second-order valence-corrected chi connectivity index (χ2v) is 5.14. The van der Waals surface area contributed by atoms with Crippen LogP contribution in [0.5, 0.6) is 0 Å². The maximum absolute atomic E-state index is 13.1. The van der Waals surface area contributed by atoms with Gasteiger partial charge in [0.1, 0.15) is 5.82 Å². The zero-order valence-electron chi connectivity index (χ0n) is 7.33. The van der Waals surface area contributed by atoms with Gasteiger partial charge in [-0.05, 0) is 25.0 Å². The monoisotopic (exact) mass is 225 g/mol. The van der Waals surface area contributed by atoms with Gasteiger partial charge in [-0.2, -0.15) is 0 Å². The van der Waals surface area contributed by atoms with Gasteiger partial charge >= 0.3 is 0 Å². The fraction of sp³-hybridized carbons (Fsp3) is 0.300. The van der Waals surface area contributed by atoms with Crippen LogP contribution >= 0.6 is 24.0 Å². The van der Waals surface area contributed by atoms with Gasteiger partial charge in [-0.25, -0.2) is 9.37 Å². The molecule has 0 saturated heterocycles. The van der Waals surface area contributed by atoms with E-state index in [1.165, 1.54) is 18.9 Å². The van der Waals surface area contributed by atoms with E-state index in [-0.39, 0.29) is 5.82 Å². The lowest BCUT2D eigenvalue weighted by Crippen LogP contribution is -1.78. The smallest absolute Gasteiger partial charge is 0.125 e. The Labute approximate surface area is 90.4 Å². The van der Waals surface area contributed by atoms with Gasteiger partial charge in [-0.15, -0.1) is 24.0 Å². The Balaban J connectivity index is 2.26. The molecule has 0 amide bonds. The number of aromatic nitrogens is 1. The Morgan fingerprint density at radius 2 is 2.21 bits per heavy atom. The van der Waals surface area contributed by atoms with Crippen molar-refractivity contribution in [3.63, 3.8) is 0 Å². The van der Waals surface area contributed by atoms with E-state index in [0.717, 1.165) is 15.2 Å². The van der Waals surface area contributed by atoms with Crippen LogP contribution < -0.4 is 0 Å². The molecule has 72 valence electrons. The molecule has 1 saturated carbocycles. The Morgan fingerprint density at radius 1 is 1.43 bits per heavy atom. The minimum absolute atomic E-state index is 0.228. The van der Waals surface area contributed by atoms with Crippen molar-refractivity contribution in [2.75, 3.05) is 0 Å². The lowest BCUT2D eigenvalue weighted by atomic mass is 10.3. The van der Waals surface area contributed by atoms with E-state index in [2.05, 4.69) is 17.6 Å². The molecule has 0 aliphatic heterocycles. The molecule has 4 heteroatoms. The van der Waals surface area contributed by atoms with Crippen LogP contribution in [-0.2, 0) is 0 Å². The number of thiazole rings is 1. The number of halogens is 1. The summed E-state index contributed by atoms with van der Waals surface area (Å²) in [6, 6.07) is 2.96. The molecule has 14 heavy (non-hydrogen) atoms. The fourth-order valence-electron chi connectivity index (χ4n) is 1.50. The number of hydrogen-bond acceptors (Lipinski definition) is 3. The van der Waals surface area contributed by atoms with Gasteiger partial charge in [0.25, 0.3) is 0 Å². The third kappa shape index (κ3) is 1.33. The van der Waals surface area contributed by atoms with Crippen molar-refractivity contribution >= 4 is 34.2 Å². The fourth-order valence-corrected chi connectivity index (χ4v) is 3.06. The normalized spacial score (nSPS) is 16.4. The Bertz CT molecular complexity index is 502. The first kappa shape index (κ1) is 8.68. The highest BCUT2D eigenvalue weighted by Gasteiger charge is 2.27. The third-order valence-electron chi connectivity index (χ3n) is 2.38. The van der Waals surface area contributed by atoms with E-state index in [0.29, 0.717) is 10.8 Å². The van der Waals surface area contributed by atoms with Crippen LogP contribution in [0.25, 0.3) is 10.2 Å². The highest BCUT2D eigenvalue weighted by molar-refractivity contribution is 7.80. The third-order valence-corrected chi connectivity index (χ3v) is 3.89. The highest BCUT2D eigenvalue weighted by atomic mass is 32.1. The van der Waals surface area contributed by atoms with Crippen LogP contribution in [-0.4, -0.2) is 4.98 Å². The largest absolute Gasteiger partial charge is 0.240 e. The molecule has 1 nitrogen and oxygen atoms in total. The van der Waals surface area contributed by atoms with Crippen LogP contribution in [0.3, 0.4) is 0 Å². The summed E-state index contributed by atoms with van der Waals surface area (Å²) in [6.07, 6.45) is 2.45. The van der Waals surface area contributed by atoms with Gasteiger partial charge in [0, 0.05) is 10.8 Å². The minimum atomic E-state index is -0.228. The van der Waals surface area contributed by atoms with Crippen LogP contribution in [0, 0.1) is 5.82 Å². The number of thiol groups is 1. The van der Waals surface area contributed by atoms with E-state index >= 15 is 0 Å². The Morgan fingerprint density at radius 3 is 2.93 bits per heavy atom. The molecular weight excluding hydrogens is 217 g/mol. The summed E-state index contributed by atoms with van der Waals surface area (Å²) in [4.78, 5) is 5.13. The lowest BCUT2D eigenvalue weighted by Gasteiger charge is -1.92. The van der Waals surface area contributed by atoms with E-state index in [1.807, 2.05) is 0 Å². The molecule has 2 aromatic rings. The average molecular weight is 225 g/mol. The summed E-state index contributed by atoms with van der Waals surface area (Å²) < 4.78 is 14.0. The van der Waals surface area contributed by atoms with Crippen molar-refractivity contribution < 1.29 is 4.39 Å². The topological polar surface area (TPSA) is 12.9 Å². The summed E-state index contributed by atoms with van der Waals surface area (Å²) in [7, 11) is 0. The molecule has 0 unspecified atom stereocenters. The zero-order chi connectivity index (χ0) is 9.71. The van der Waals surface area contributed by atoms with Crippen LogP contribution in [0.4, 0.5) is 4.39 Å². The molecule has 0 N–H and O–H groups in total. The number of hydrogen-bond donors (Lipinski definition) is 1. The zero-order valence-corrected chi connectivity index (χ0v) is 9.04. The van der Waals surface area contributed by atoms with Crippen molar-refractivity contribution in [2.45, 2.75) is 23.7 Å². The first-order chi connectivity index (χ1) is 6.74. The first-order valence-corrected chi connectivity index (χ1v) is 5.79. The summed E-state index contributed by atoms with van der Waals surface area (Å²) in [5.41, 5.74) is 0.849. The molecule has 1 heterocycles. The Hall–Kier alpha value is -0.610. The van der Waals surface area contributed by atoms with E-state index < -0.39 is 0 Å². The quantitative estimate of drug-likeness (QED) is 0.732.